The van der Waals surface area contributed by atoms with Crippen molar-refractivity contribution in [2.24, 2.45) is 0 Å². The summed E-state index contributed by atoms with van der Waals surface area (Å²) in [5, 5.41) is 12.1. The fourth-order valence-electron chi connectivity index (χ4n) is 3.35. The van der Waals surface area contributed by atoms with Crippen LogP contribution >= 0.6 is 15.9 Å². The summed E-state index contributed by atoms with van der Waals surface area (Å²) >= 11 is 3.49. The number of methoxy groups -OCH3 is 3. The number of aryl methyl sites for hydroxylation is 1. The Balaban J connectivity index is 1.66. The summed E-state index contributed by atoms with van der Waals surface area (Å²) < 4.78 is 27.4. The number of furan rings is 1. The van der Waals surface area contributed by atoms with Gasteiger partial charge in [-0.25, -0.2) is 0 Å². The van der Waals surface area contributed by atoms with Crippen LogP contribution in [0.15, 0.2) is 63.2 Å². The Bertz CT molecular complexity index is 1330. The van der Waals surface area contributed by atoms with Gasteiger partial charge in [0.25, 0.3) is 5.91 Å². The summed E-state index contributed by atoms with van der Waals surface area (Å²) in [5.41, 5.74) is 1.28. The van der Waals surface area contributed by atoms with E-state index in [0.29, 0.717) is 29.2 Å². The Morgan fingerprint density at radius 1 is 1.03 bits per heavy atom. The quantitative estimate of drug-likeness (QED) is 0.151. The van der Waals surface area contributed by atoms with Crippen LogP contribution in [0.4, 0.5) is 0 Å². The Morgan fingerprint density at radius 3 is 2.38 bits per heavy atom. The van der Waals surface area contributed by atoms with Crippen molar-refractivity contribution in [3.8, 4) is 29.1 Å². The molecule has 1 amide bonds. The lowest BCUT2D eigenvalue weighted by Gasteiger charge is -2.12. The molecule has 192 valence electrons. The lowest BCUT2D eigenvalue weighted by Crippen LogP contribution is -2.23. The molecule has 9 nitrogen and oxygen atoms in total. The van der Waals surface area contributed by atoms with Crippen LogP contribution in [0.3, 0.4) is 0 Å². The fourth-order valence-corrected chi connectivity index (χ4v) is 3.87. The first-order valence-corrected chi connectivity index (χ1v) is 11.9. The molecule has 3 aromatic rings. The van der Waals surface area contributed by atoms with E-state index in [9.17, 15) is 14.9 Å². The van der Waals surface area contributed by atoms with Crippen LogP contribution < -0.4 is 24.3 Å². The van der Waals surface area contributed by atoms with Gasteiger partial charge in [0.1, 0.15) is 17.4 Å². The number of carbonyl (C=O) groups is 2. The SMILES string of the molecule is COc1cc(Br)c(CCC(=O)Oc2ccc(/C=C(\C#N)C(=O)NCc3ccco3)cc2OC)cc1OC. The number of hydrogen-bond donors (Lipinski definition) is 1. The standard InChI is InChI=1S/C27H25BrN2O7/c1-33-23-12-17(11-19(15-29)27(32)30-16-20-5-4-10-36-20)6-8-22(23)37-26(31)9-7-18-13-24(34-2)25(35-3)14-21(18)28/h4-6,8,10-14H,7,9,16H2,1-3H3,(H,30,32)/b19-11+. The van der Waals surface area contributed by atoms with E-state index in [1.165, 1.54) is 19.4 Å². The van der Waals surface area contributed by atoms with Gasteiger partial charge >= 0.3 is 5.97 Å². The number of esters is 1. The van der Waals surface area contributed by atoms with Crippen molar-refractivity contribution in [2.75, 3.05) is 21.3 Å². The third-order valence-electron chi connectivity index (χ3n) is 5.24. The zero-order valence-corrected chi connectivity index (χ0v) is 22.1. The number of nitrogens with one attached hydrogen (secondary N) is 1. The summed E-state index contributed by atoms with van der Waals surface area (Å²) in [6.45, 7) is 0.156. The number of amides is 1. The minimum absolute atomic E-state index is 0.0983. The highest BCUT2D eigenvalue weighted by molar-refractivity contribution is 9.10. The second-order valence-electron chi connectivity index (χ2n) is 7.61. The van der Waals surface area contributed by atoms with E-state index in [2.05, 4.69) is 21.2 Å². The lowest BCUT2D eigenvalue weighted by molar-refractivity contribution is -0.134. The van der Waals surface area contributed by atoms with Crippen LogP contribution in [0.25, 0.3) is 6.08 Å². The molecule has 37 heavy (non-hydrogen) atoms. The van der Waals surface area contributed by atoms with Crippen LogP contribution in [-0.2, 0) is 22.6 Å². The van der Waals surface area contributed by atoms with Crippen LogP contribution in [-0.4, -0.2) is 33.2 Å². The van der Waals surface area contributed by atoms with Crippen molar-refractivity contribution in [3.05, 3.63) is 75.7 Å². The molecule has 0 atom stereocenters. The Labute approximate surface area is 222 Å². The summed E-state index contributed by atoms with van der Waals surface area (Å²) in [6.07, 6.45) is 3.42. The lowest BCUT2D eigenvalue weighted by atomic mass is 10.1. The third-order valence-corrected chi connectivity index (χ3v) is 5.98. The van der Waals surface area contributed by atoms with Gasteiger partial charge in [0.2, 0.25) is 0 Å². The average molecular weight is 569 g/mol. The molecular weight excluding hydrogens is 544 g/mol. The Morgan fingerprint density at radius 2 is 1.73 bits per heavy atom. The number of nitrogens with zero attached hydrogens (tertiary/aromatic N) is 1. The molecule has 0 saturated heterocycles. The molecule has 2 aromatic carbocycles. The van der Waals surface area contributed by atoms with Gasteiger partial charge < -0.3 is 28.7 Å². The van der Waals surface area contributed by atoms with E-state index < -0.39 is 11.9 Å². The molecule has 3 rings (SSSR count). The molecule has 0 aliphatic carbocycles. The maximum Gasteiger partial charge on any atom is 0.311 e. The number of ether oxygens (including phenoxy) is 4. The maximum atomic E-state index is 12.5. The topological polar surface area (TPSA) is 120 Å². The molecule has 0 aliphatic rings. The average Bonchev–Trinajstić information content (AvgIpc) is 3.43. The van der Waals surface area contributed by atoms with Crippen molar-refractivity contribution in [3.63, 3.8) is 0 Å². The van der Waals surface area contributed by atoms with E-state index >= 15 is 0 Å². The van der Waals surface area contributed by atoms with Gasteiger partial charge in [-0.2, -0.15) is 5.26 Å². The van der Waals surface area contributed by atoms with Gasteiger partial charge in [-0.05, 0) is 60.0 Å². The molecule has 0 spiro atoms. The molecule has 10 heteroatoms. The minimum atomic E-state index is -0.547. The van der Waals surface area contributed by atoms with Crippen molar-refractivity contribution in [2.45, 2.75) is 19.4 Å². The van der Waals surface area contributed by atoms with Gasteiger partial charge in [0.05, 0.1) is 40.6 Å². The largest absolute Gasteiger partial charge is 0.493 e. The number of halogens is 1. The fraction of sp³-hybridized carbons (Fsp3) is 0.222. The van der Waals surface area contributed by atoms with Crippen LogP contribution in [0.1, 0.15) is 23.3 Å². The molecular formula is C27H25BrN2O7. The molecule has 0 fully saturated rings. The van der Waals surface area contributed by atoms with Gasteiger partial charge in [-0.1, -0.05) is 22.0 Å². The van der Waals surface area contributed by atoms with Gasteiger partial charge in [-0.3, -0.25) is 9.59 Å². The molecule has 1 N–H and O–H groups in total. The monoisotopic (exact) mass is 568 g/mol. The number of carbonyl (C=O) groups excluding carboxylic acids is 2. The van der Waals surface area contributed by atoms with Gasteiger partial charge in [0.15, 0.2) is 23.0 Å². The predicted octanol–water partition coefficient (Wildman–Crippen LogP) is 4.83. The predicted molar refractivity (Wildman–Crippen MR) is 138 cm³/mol. The summed E-state index contributed by atoms with van der Waals surface area (Å²) in [5.74, 6) is 1.20. The number of hydrogen-bond acceptors (Lipinski definition) is 8. The first-order valence-electron chi connectivity index (χ1n) is 11.1. The van der Waals surface area contributed by atoms with Gasteiger partial charge in [-0.15, -0.1) is 0 Å². The van der Waals surface area contributed by atoms with E-state index in [1.54, 1.807) is 56.7 Å². The number of nitriles is 1. The maximum absolute atomic E-state index is 12.5. The van der Waals surface area contributed by atoms with E-state index in [-0.39, 0.29) is 30.0 Å². The molecule has 0 saturated carbocycles. The van der Waals surface area contributed by atoms with E-state index in [4.69, 9.17) is 23.4 Å². The smallest absolute Gasteiger partial charge is 0.311 e. The van der Waals surface area contributed by atoms with Crippen LogP contribution in [0.2, 0.25) is 0 Å². The normalized spacial score (nSPS) is 10.8. The second-order valence-corrected chi connectivity index (χ2v) is 8.47. The van der Waals surface area contributed by atoms with Crippen LogP contribution in [0.5, 0.6) is 23.0 Å². The highest BCUT2D eigenvalue weighted by atomic mass is 79.9. The van der Waals surface area contributed by atoms with E-state index in [0.717, 1.165) is 10.0 Å². The summed E-state index contributed by atoms with van der Waals surface area (Å²) in [4.78, 5) is 24.9. The first-order chi connectivity index (χ1) is 17.9. The molecule has 0 aliphatic heterocycles. The Hall–Kier alpha value is -4.23. The molecule has 0 unspecified atom stereocenters. The summed E-state index contributed by atoms with van der Waals surface area (Å²) in [6, 6.07) is 13.6. The van der Waals surface area contributed by atoms with E-state index in [1.807, 2.05) is 6.07 Å². The van der Waals surface area contributed by atoms with Crippen molar-refractivity contribution < 1.29 is 33.0 Å². The molecule has 0 bridgehead atoms. The number of rotatable bonds is 11. The van der Waals surface area contributed by atoms with Crippen molar-refractivity contribution in [1.82, 2.24) is 5.32 Å². The summed E-state index contributed by atoms with van der Waals surface area (Å²) in [7, 11) is 4.53. The molecule has 1 heterocycles. The molecule has 0 radical (unpaired) electrons. The Kier molecular flexibility index (Phi) is 9.75. The van der Waals surface area contributed by atoms with Gasteiger partial charge in [0, 0.05) is 4.47 Å². The second kappa shape index (κ2) is 13.2. The van der Waals surface area contributed by atoms with Crippen LogP contribution in [0, 0.1) is 11.3 Å². The zero-order chi connectivity index (χ0) is 26.8. The highest BCUT2D eigenvalue weighted by Gasteiger charge is 2.15. The zero-order valence-electron chi connectivity index (χ0n) is 20.5. The van der Waals surface area contributed by atoms with Crippen molar-refractivity contribution >= 4 is 33.9 Å². The molecule has 1 aromatic heterocycles. The highest BCUT2D eigenvalue weighted by Crippen LogP contribution is 2.34. The number of benzene rings is 2. The third kappa shape index (κ3) is 7.38. The first kappa shape index (κ1) is 27.4. The van der Waals surface area contributed by atoms with Crippen molar-refractivity contribution in [1.29, 1.82) is 5.26 Å². The minimum Gasteiger partial charge on any atom is -0.493 e.